The number of benzene rings is 2. The summed E-state index contributed by atoms with van der Waals surface area (Å²) in [6.45, 7) is 2.45. The Balaban J connectivity index is 1.52. The zero-order valence-electron chi connectivity index (χ0n) is 15.2. The van der Waals surface area contributed by atoms with Gasteiger partial charge in [0, 0.05) is 19.1 Å². The minimum Gasteiger partial charge on any atom is -0.483 e. The highest BCUT2D eigenvalue weighted by molar-refractivity contribution is 9.10. The molecular weight excluding hydrogens is 432 g/mol. The molecule has 0 aromatic heterocycles. The van der Waals surface area contributed by atoms with E-state index in [4.69, 9.17) is 4.74 Å². The quantitative estimate of drug-likeness (QED) is 0.727. The Kier molecular flexibility index (Phi) is 6.39. The predicted octanol–water partition coefficient (Wildman–Crippen LogP) is 2.91. The molecule has 0 saturated carbocycles. The number of ether oxygens (including phenoxy) is 1. The Morgan fingerprint density at radius 1 is 1.22 bits per heavy atom. The van der Waals surface area contributed by atoms with Gasteiger partial charge in [-0.3, -0.25) is 4.79 Å². The summed E-state index contributed by atoms with van der Waals surface area (Å²) in [5, 5.41) is 5.06. The van der Waals surface area contributed by atoms with Gasteiger partial charge in [-0.05, 0) is 52.5 Å². The summed E-state index contributed by atoms with van der Waals surface area (Å²) in [5.74, 6) is 0.526. The van der Waals surface area contributed by atoms with Crippen LogP contribution in [0.2, 0.25) is 0 Å². The molecule has 3 rings (SSSR count). The lowest BCUT2D eigenvalue weighted by Gasteiger charge is -2.31. The first kappa shape index (κ1) is 20.1. The van der Waals surface area contributed by atoms with Gasteiger partial charge < -0.3 is 10.1 Å². The van der Waals surface area contributed by atoms with Crippen LogP contribution in [0.5, 0.6) is 5.75 Å². The van der Waals surface area contributed by atoms with Crippen molar-refractivity contribution in [2.45, 2.75) is 25.8 Å². The topological polar surface area (TPSA) is 75.7 Å². The number of rotatable bonds is 6. The summed E-state index contributed by atoms with van der Waals surface area (Å²) in [4.78, 5) is 12.2. The summed E-state index contributed by atoms with van der Waals surface area (Å²) < 4.78 is 31.8. The second-order valence-corrected chi connectivity index (χ2v) is 9.58. The Morgan fingerprint density at radius 3 is 2.63 bits per heavy atom. The van der Waals surface area contributed by atoms with Gasteiger partial charge in [0.15, 0.2) is 6.61 Å². The summed E-state index contributed by atoms with van der Waals surface area (Å²) >= 11 is 3.54. The van der Waals surface area contributed by atoms with Crippen LogP contribution in [0.1, 0.15) is 19.8 Å². The minimum absolute atomic E-state index is 0.0237. The van der Waals surface area contributed by atoms with Gasteiger partial charge in [0.2, 0.25) is 10.0 Å². The first-order valence-corrected chi connectivity index (χ1v) is 11.4. The van der Waals surface area contributed by atoms with Crippen molar-refractivity contribution in [3.05, 3.63) is 40.9 Å². The van der Waals surface area contributed by atoms with Gasteiger partial charge in [0.05, 0.1) is 10.2 Å². The van der Waals surface area contributed by atoms with Crippen LogP contribution >= 0.6 is 15.9 Å². The first-order valence-electron chi connectivity index (χ1n) is 8.98. The molecule has 146 valence electrons. The van der Waals surface area contributed by atoms with E-state index >= 15 is 0 Å². The van der Waals surface area contributed by atoms with E-state index < -0.39 is 10.0 Å². The number of hydrogen-bond acceptors (Lipinski definition) is 4. The zero-order valence-corrected chi connectivity index (χ0v) is 17.6. The van der Waals surface area contributed by atoms with Crippen LogP contribution < -0.4 is 10.1 Å². The van der Waals surface area contributed by atoms with Crippen LogP contribution in [0.4, 0.5) is 0 Å². The van der Waals surface area contributed by atoms with Crippen LogP contribution in [-0.4, -0.2) is 50.1 Å². The molecule has 0 spiro atoms. The second kappa shape index (κ2) is 8.58. The van der Waals surface area contributed by atoms with E-state index in [2.05, 4.69) is 21.2 Å². The van der Waals surface area contributed by atoms with Gasteiger partial charge in [-0.1, -0.05) is 30.3 Å². The van der Waals surface area contributed by atoms with Crippen LogP contribution in [0, 0.1) is 0 Å². The number of fused-ring (bicyclic) bond motifs is 1. The highest BCUT2D eigenvalue weighted by atomic mass is 79.9. The van der Waals surface area contributed by atoms with Crippen molar-refractivity contribution in [2.75, 3.05) is 25.4 Å². The predicted molar refractivity (Wildman–Crippen MR) is 109 cm³/mol. The fourth-order valence-electron chi connectivity index (χ4n) is 3.20. The lowest BCUT2D eigenvalue weighted by Crippen LogP contribution is -2.47. The average molecular weight is 455 g/mol. The third-order valence-corrected chi connectivity index (χ3v) is 7.46. The van der Waals surface area contributed by atoms with E-state index in [1.54, 1.807) is 6.92 Å². The van der Waals surface area contributed by atoms with Gasteiger partial charge in [-0.2, -0.15) is 0 Å². The van der Waals surface area contributed by atoms with E-state index in [1.807, 2.05) is 36.4 Å². The van der Waals surface area contributed by atoms with Gasteiger partial charge >= 0.3 is 0 Å². The van der Waals surface area contributed by atoms with Crippen molar-refractivity contribution in [1.29, 1.82) is 0 Å². The summed E-state index contributed by atoms with van der Waals surface area (Å²) in [6, 6.07) is 11.7. The molecule has 0 unspecified atom stereocenters. The number of nitrogens with one attached hydrogen (secondary N) is 1. The molecule has 6 nitrogen and oxygen atoms in total. The van der Waals surface area contributed by atoms with E-state index in [-0.39, 0.29) is 24.3 Å². The van der Waals surface area contributed by atoms with E-state index in [0.29, 0.717) is 31.7 Å². The number of nitrogens with zero attached hydrogens (tertiary/aromatic N) is 1. The third-order valence-electron chi connectivity index (χ3n) is 4.76. The van der Waals surface area contributed by atoms with E-state index in [0.717, 1.165) is 15.2 Å². The molecule has 1 heterocycles. The van der Waals surface area contributed by atoms with Gasteiger partial charge in [-0.15, -0.1) is 0 Å². The number of hydrogen-bond donors (Lipinski definition) is 1. The molecule has 1 saturated heterocycles. The van der Waals surface area contributed by atoms with Crippen molar-refractivity contribution in [3.63, 3.8) is 0 Å². The number of halogens is 1. The molecule has 0 atom stereocenters. The summed E-state index contributed by atoms with van der Waals surface area (Å²) in [6.07, 6.45) is 1.23. The number of carbonyl (C=O) groups excluding carboxylic acids is 1. The SMILES string of the molecule is CCS(=O)(=O)N1CCC(NC(=O)COc2ccc3ccccc3c2Br)CC1. The van der Waals surface area contributed by atoms with Crippen LogP contribution in [0.15, 0.2) is 40.9 Å². The molecule has 0 aliphatic carbocycles. The summed E-state index contributed by atoms with van der Waals surface area (Å²) in [7, 11) is -3.15. The zero-order chi connectivity index (χ0) is 19.4. The Hall–Kier alpha value is -1.64. The molecule has 2 aromatic carbocycles. The van der Waals surface area contributed by atoms with Gasteiger partial charge in [-0.25, -0.2) is 12.7 Å². The highest BCUT2D eigenvalue weighted by Crippen LogP contribution is 2.32. The molecule has 8 heteroatoms. The van der Waals surface area contributed by atoms with Crippen LogP contribution in [0.25, 0.3) is 10.8 Å². The molecule has 27 heavy (non-hydrogen) atoms. The second-order valence-electron chi connectivity index (χ2n) is 6.53. The molecular formula is C19H23BrN2O4S. The standard InChI is InChI=1S/C19H23BrN2O4S/c1-2-27(24,25)22-11-9-15(10-12-22)21-18(23)13-26-17-8-7-14-5-3-4-6-16(14)19(17)20/h3-8,15H,2,9-13H2,1H3,(H,21,23). The summed E-state index contributed by atoms with van der Waals surface area (Å²) in [5.41, 5.74) is 0. The third kappa shape index (κ3) is 4.80. The van der Waals surface area contributed by atoms with Crippen molar-refractivity contribution in [3.8, 4) is 5.75 Å². The van der Waals surface area contributed by atoms with Crippen LogP contribution in [-0.2, 0) is 14.8 Å². The van der Waals surface area contributed by atoms with E-state index in [1.165, 1.54) is 4.31 Å². The van der Waals surface area contributed by atoms with Crippen molar-refractivity contribution < 1.29 is 17.9 Å². The highest BCUT2D eigenvalue weighted by Gasteiger charge is 2.27. The smallest absolute Gasteiger partial charge is 0.258 e. The maximum absolute atomic E-state index is 12.2. The lowest BCUT2D eigenvalue weighted by atomic mass is 10.1. The largest absolute Gasteiger partial charge is 0.483 e. The van der Waals surface area contributed by atoms with Crippen molar-refractivity contribution in [1.82, 2.24) is 9.62 Å². The van der Waals surface area contributed by atoms with Crippen LogP contribution in [0.3, 0.4) is 0 Å². The molecule has 1 fully saturated rings. The molecule has 1 aliphatic rings. The number of sulfonamides is 1. The normalized spacial score (nSPS) is 16.4. The molecule has 0 radical (unpaired) electrons. The van der Waals surface area contributed by atoms with Gasteiger partial charge in [0.1, 0.15) is 5.75 Å². The maximum atomic E-state index is 12.2. The average Bonchev–Trinajstić information content (AvgIpc) is 2.68. The monoisotopic (exact) mass is 454 g/mol. The fraction of sp³-hybridized carbons (Fsp3) is 0.421. The van der Waals surface area contributed by atoms with E-state index in [9.17, 15) is 13.2 Å². The minimum atomic E-state index is -3.15. The lowest BCUT2D eigenvalue weighted by molar-refractivity contribution is -0.124. The molecule has 1 amide bonds. The Bertz CT molecular complexity index is 924. The Labute approximate surface area is 168 Å². The van der Waals surface area contributed by atoms with Crippen molar-refractivity contribution >= 4 is 42.6 Å². The number of amides is 1. The number of carbonyl (C=O) groups is 1. The van der Waals surface area contributed by atoms with Crippen molar-refractivity contribution in [2.24, 2.45) is 0 Å². The Morgan fingerprint density at radius 2 is 1.93 bits per heavy atom. The molecule has 1 N–H and O–H groups in total. The van der Waals surface area contributed by atoms with Gasteiger partial charge in [0.25, 0.3) is 5.91 Å². The molecule has 1 aliphatic heterocycles. The fourth-order valence-corrected chi connectivity index (χ4v) is 4.94. The number of piperidine rings is 1. The first-order chi connectivity index (χ1) is 12.9. The molecule has 0 bridgehead atoms. The maximum Gasteiger partial charge on any atom is 0.258 e. The molecule has 2 aromatic rings.